The third kappa shape index (κ3) is 1.52. The highest BCUT2D eigenvalue weighted by molar-refractivity contribution is 5.49. The Morgan fingerprint density at radius 3 is 2.87 bits per heavy atom. The maximum absolute atomic E-state index is 5.88. The van der Waals surface area contributed by atoms with Crippen LogP contribution in [0.15, 0.2) is 0 Å². The average molecular weight is 205 g/mol. The van der Waals surface area contributed by atoms with Crippen LogP contribution in [0.2, 0.25) is 0 Å². The van der Waals surface area contributed by atoms with Gasteiger partial charge in [-0.05, 0) is 19.3 Å². The Labute approximate surface area is 88.5 Å². The van der Waals surface area contributed by atoms with E-state index in [9.17, 15) is 0 Å². The van der Waals surface area contributed by atoms with E-state index in [-0.39, 0.29) is 0 Å². The molecule has 1 aromatic rings. The lowest BCUT2D eigenvalue weighted by Gasteiger charge is -2.26. The quantitative estimate of drug-likeness (QED) is 0.660. The van der Waals surface area contributed by atoms with E-state index < -0.39 is 0 Å². The zero-order valence-electron chi connectivity index (χ0n) is 8.58. The molecular weight excluding hydrogens is 190 g/mol. The molecule has 2 heterocycles. The lowest BCUT2D eigenvalue weighted by Crippen LogP contribution is -2.28. The molecular formula is C10H15N5. The van der Waals surface area contributed by atoms with Crippen LogP contribution in [-0.2, 0) is 13.1 Å². The molecule has 0 aromatic carbocycles. The predicted octanol–water partition coefficient (Wildman–Crippen LogP) is 0.626. The van der Waals surface area contributed by atoms with Crippen molar-refractivity contribution in [3.05, 3.63) is 11.3 Å². The molecule has 2 aliphatic rings. The van der Waals surface area contributed by atoms with Gasteiger partial charge in [-0.15, -0.1) is 0 Å². The van der Waals surface area contributed by atoms with E-state index in [4.69, 9.17) is 5.73 Å². The maximum Gasteiger partial charge on any atom is 0.225 e. The summed E-state index contributed by atoms with van der Waals surface area (Å²) in [6.45, 7) is 1.60. The van der Waals surface area contributed by atoms with Crippen molar-refractivity contribution >= 4 is 11.8 Å². The van der Waals surface area contributed by atoms with Crippen LogP contribution in [0.1, 0.15) is 30.5 Å². The van der Waals surface area contributed by atoms with Gasteiger partial charge in [0.2, 0.25) is 5.95 Å². The Morgan fingerprint density at radius 2 is 2.13 bits per heavy atom. The summed E-state index contributed by atoms with van der Waals surface area (Å²) in [4.78, 5) is 8.75. The van der Waals surface area contributed by atoms with E-state index in [0.29, 0.717) is 17.8 Å². The number of hydrogen-bond donors (Lipinski definition) is 3. The largest absolute Gasteiger partial charge is 0.383 e. The fraction of sp³-hybridized carbons (Fsp3) is 0.600. The summed E-state index contributed by atoms with van der Waals surface area (Å²) < 4.78 is 0. The molecule has 4 N–H and O–H groups in total. The molecule has 1 aliphatic carbocycles. The minimum Gasteiger partial charge on any atom is -0.383 e. The highest BCUT2D eigenvalue weighted by atomic mass is 15.2. The van der Waals surface area contributed by atoms with Gasteiger partial charge in [-0.25, -0.2) is 4.98 Å². The molecule has 1 aromatic heterocycles. The van der Waals surface area contributed by atoms with E-state index in [2.05, 4.69) is 20.6 Å². The van der Waals surface area contributed by atoms with Crippen LogP contribution >= 0.6 is 0 Å². The summed E-state index contributed by atoms with van der Waals surface area (Å²) in [5.41, 5.74) is 7.99. The summed E-state index contributed by atoms with van der Waals surface area (Å²) in [6, 6.07) is 0.553. The molecule has 0 saturated heterocycles. The first-order chi connectivity index (χ1) is 7.33. The maximum atomic E-state index is 5.88. The second-order valence-corrected chi connectivity index (χ2v) is 4.23. The summed E-state index contributed by atoms with van der Waals surface area (Å²) >= 11 is 0. The Kier molecular flexibility index (Phi) is 1.98. The van der Waals surface area contributed by atoms with Crippen LogP contribution < -0.4 is 16.4 Å². The lowest BCUT2D eigenvalue weighted by molar-refractivity contribution is 0.443. The monoisotopic (exact) mass is 205 g/mol. The van der Waals surface area contributed by atoms with E-state index in [0.717, 1.165) is 24.3 Å². The van der Waals surface area contributed by atoms with Crippen molar-refractivity contribution in [3.63, 3.8) is 0 Å². The number of fused-ring (bicyclic) bond motifs is 1. The summed E-state index contributed by atoms with van der Waals surface area (Å²) in [5.74, 6) is 1.31. The second kappa shape index (κ2) is 3.34. The molecule has 0 unspecified atom stereocenters. The Morgan fingerprint density at radius 1 is 1.27 bits per heavy atom. The van der Waals surface area contributed by atoms with Crippen LogP contribution in [0.5, 0.6) is 0 Å². The molecule has 1 aliphatic heterocycles. The number of rotatable bonds is 2. The van der Waals surface area contributed by atoms with Gasteiger partial charge >= 0.3 is 0 Å². The fourth-order valence-electron chi connectivity index (χ4n) is 1.99. The number of anilines is 2. The SMILES string of the molecule is Nc1nc(NC2CCC2)nc2c1CNC2. The van der Waals surface area contributed by atoms with Crippen LogP contribution in [0.3, 0.4) is 0 Å². The van der Waals surface area contributed by atoms with Gasteiger partial charge in [-0.1, -0.05) is 0 Å². The zero-order valence-corrected chi connectivity index (χ0v) is 8.58. The topological polar surface area (TPSA) is 75.9 Å². The van der Waals surface area contributed by atoms with Crippen LogP contribution in [0.25, 0.3) is 0 Å². The average Bonchev–Trinajstić information content (AvgIpc) is 2.59. The van der Waals surface area contributed by atoms with Gasteiger partial charge in [0, 0.05) is 24.7 Å². The van der Waals surface area contributed by atoms with E-state index in [1.54, 1.807) is 0 Å². The molecule has 0 bridgehead atoms. The van der Waals surface area contributed by atoms with Crippen LogP contribution in [0, 0.1) is 0 Å². The summed E-state index contributed by atoms with van der Waals surface area (Å²) in [7, 11) is 0. The normalized spacial score (nSPS) is 19.7. The minimum absolute atomic E-state index is 0.553. The minimum atomic E-state index is 0.553. The number of nitrogens with one attached hydrogen (secondary N) is 2. The summed E-state index contributed by atoms with van der Waals surface area (Å²) in [6.07, 6.45) is 3.75. The molecule has 0 amide bonds. The number of nitrogens with zero attached hydrogens (tertiary/aromatic N) is 2. The third-order valence-electron chi connectivity index (χ3n) is 3.16. The third-order valence-corrected chi connectivity index (χ3v) is 3.16. The molecule has 3 rings (SSSR count). The molecule has 0 atom stereocenters. The number of hydrogen-bond acceptors (Lipinski definition) is 5. The van der Waals surface area contributed by atoms with Crippen molar-refractivity contribution in [2.24, 2.45) is 0 Å². The fourth-order valence-corrected chi connectivity index (χ4v) is 1.99. The van der Waals surface area contributed by atoms with Gasteiger partial charge in [0.25, 0.3) is 0 Å². The second-order valence-electron chi connectivity index (χ2n) is 4.23. The number of nitrogens with two attached hydrogens (primary N) is 1. The number of nitrogen functional groups attached to an aromatic ring is 1. The Balaban J connectivity index is 1.86. The number of aromatic nitrogens is 2. The van der Waals surface area contributed by atoms with Crippen molar-refractivity contribution in [1.82, 2.24) is 15.3 Å². The van der Waals surface area contributed by atoms with Crippen molar-refractivity contribution in [1.29, 1.82) is 0 Å². The van der Waals surface area contributed by atoms with Crippen molar-refractivity contribution in [2.75, 3.05) is 11.1 Å². The standard InChI is InChI=1S/C10H15N5/c11-9-7-4-12-5-8(7)14-10(15-9)13-6-2-1-3-6/h6,12H,1-5H2,(H3,11,13,14,15). The predicted molar refractivity (Wildman–Crippen MR) is 58.2 cm³/mol. The zero-order chi connectivity index (χ0) is 10.3. The smallest absolute Gasteiger partial charge is 0.225 e. The van der Waals surface area contributed by atoms with Crippen LogP contribution in [-0.4, -0.2) is 16.0 Å². The van der Waals surface area contributed by atoms with Crippen molar-refractivity contribution in [2.45, 2.75) is 38.4 Å². The van der Waals surface area contributed by atoms with Gasteiger partial charge in [0.15, 0.2) is 0 Å². The molecule has 80 valence electrons. The van der Waals surface area contributed by atoms with Crippen molar-refractivity contribution in [3.8, 4) is 0 Å². The van der Waals surface area contributed by atoms with Crippen molar-refractivity contribution < 1.29 is 0 Å². The molecule has 5 heteroatoms. The molecule has 1 fully saturated rings. The first kappa shape index (κ1) is 8.91. The highest BCUT2D eigenvalue weighted by Gasteiger charge is 2.21. The molecule has 15 heavy (non-hydrogen) atoms. The van der Waals surface area contributed by atoms with Gasteiger partial charge in [0.1, 0.15) is 5.82 Å². The van der Waals surface area contributed by atoms with Gasteiger partial charge in [-0.3, -0.25) is 0 Å². The lowest BCUT2D eigenvalue weighted by atomic mass is 9.93. The Hall–Kier alpha value is -1.36. The van der Waals surface area contributed by atoms with E-state index in [1.807, 2.05) is 0 Å². The van der Waals surface area contributed by atoms with Gasteiger partial charge in [0.05, 0.1) is 5.69 Å². The summed E-state index contributed by atoms with van der Waals surface area (Å²) in [5, 5.41) is 6.55. The highest BCUT2D eigenvalue weighted by Crippen LogP contribution is 2.24. The molecule has 5 nitrogen and oxygen atoms in total. The first-order valence-corrected chi connectivity index (χ1v) is 5.45. The van der Waals surface area contributed by atoms with E-state index >= 15 is 0 Å². The van der Waals surface area contributed by atoms with E-state index in [1.165, 1.54) is 19.3 Å². The Bertz CT molecular complexity index is 386. The molecule has 0 spiro atoms. The molecule has 0 radical (unpaired) electrons. The van der Waals surface area contributed by atoms with Gasteiger partial charge < -0.3 is 16.4 Å². The molecule has 1 saturated carbocycles. The van der Waals surface area contributed by atoms with Crippen LogP contribution in [0.4, 0.5) is 11.8 Å². The first-order valence-electron chi connectivity index (χ1n) is 5.45. The van der Waals surface area contributed by atoms with Gasteiger partial charge in [-0.2, -0.15) is 4.98 Å².